The molecule has 2 aromatic heterocycles. The lowest BCUT2D eigenvalue weighted by Gasteiger charge is -2.12. The highest BCUT2D eigenvalue weighted by molar-refractivity contribution is 6.00. The minimum Gasteiger partial charge on any atom is -0.494 e. The number of benzene rings is 2. The maximum atomic E-state index is 12.7. The van der Waals surface area contributed by atoms with Crippen LogP contribution >= 0.6 is 0 Å². The molecule has 0 radical (unpaired) electrons. The minimum absolute atomic E-state index is 0.0538. The van der Waals surface area contributed by atoms with E-state index >= 15 is 0 Å². The fraction of sp³-hybridized carbons (Fsp3) is 0.259. The molecule has 2 heterocycles. The van der Waals surface area contributed by atoms with Crippen molar-refractivity contribution in [2.45, 2.75) is 40.5 Å². The number of hydrogen-bond acceptors (Lipinski definition) is 5. The number of anilines is 1. The van der Waals surface area contributed by atoms with Crippen molar-refractivity contribution >= 4 is 28.4 Å². The molecular weight excluding hydrogens is 428 g/mol. The summed E-state index contributed by atoms with van der Waals surface area (Å²) in [5, 5.41) is 8.41. The van der Waals surface area contributed by atoms with Crippen molar-refractivity contribution in [1.82, 2.24) is 14.8 Å². The number of hydrogen-bond donors (Lipinski definition) is 1. The molecular formula is C27H28N4O3. The Balaban J connectivity index is 1.54. The number of carbonyl (C=O) groups excluding carboxylic acids is 2. The average Bonchev–Trinajstić information content (AvgIpc) is 3.18. The van der Waals surface area contributed by atoms with Gasteiger partial charge in [0.1, 0.15) is 17.1 Å². The van der Waals surface area contributed by atoms with Gasteiger partial charge in [-0.15, -0.1) is 0 Å². The second-order valence-electron chi connectivity index (χ2n) is 8.51. The first-order valence-corrected chi connectivity index (χ1v) is 11.2. The monoisotopic (exact) mass is 456 g/mol. The number of nitrogens with zero attached hydrogens (tertiary/aromatic N) is 3. The summed E-state index contributed by atoms with van der Waals surface area (Å²) in [5.41, 5.74) is 5.30. The summed E-state index contributed by atoms with van der Waals surface area (Å²) in [5.74, 6) is 1.43. The van der Waals surface area contributed by atoms with E-state index in [4.69, 9.17) is 9.72 Å². The highest BCUT2D eigenvalue weighted by Gasteiger charge is 2.16. The number of carbonyl (C=O) groups is 2. The first-order chi connectivity index (χ1) is 16.3. The zero-order valence-electron chi connectivity index (χ0n) is 20.1. The van der Waals surface area contributed by atoms with Crippen LogP contribution in [0.4, 0.5) is 5.82 Å². The van der Waals surface area contributed by atoms with Crippen LogP contribution in [0.5, 0.6) is 5.75 Å². The fourth-order valence-electron chi connectivity index (χ4n) is 3.90. The van der Waals surface area contributed by atoms with Gasteiger partial charge in [0.2, 0.25) is 5.91 Å². The van der Waals surface area contributed by atoms with Gasteiger partial charge in [-0.05, 0) is 62.6 Å². The molecule has 0 atom stereocenters. The number of para-hydroxylation sites is 1. The van der Waals surface area contributed by atoms with E-state index < -0.39 is 0 Å². The van der Waals surface area contributed by atoms with E-state index in [1.807, 2.05) is 70.2 Å². The van der Waals surface area contributed by atoms with E-state index in [0.29, 0.717) is 22.9 Å². The molecule has 34 heavy (non-hydrogen) atoms. The lowest BCUT2D eigenvalue weighted by molar-refractivity contribution is -0.116. The van der Waals surface area contributed by atoms with E-state index in [9.17, 15) is 9.59 Å². The van der Waals surface area contributed by atoms with Gasteiger partial charge in [-0.1, -0.05) is 24.3 Å². The molecule has 174 valence electrons. The Morgan fingerprint density at radius 3 is 2.47 bits per heavy atom. The van der Waals surface area contributed by atoms with Crippen molar-refractivity contribution in [3.8, 4) is 11.6 Å². The van der Waals surface area contributed by atoms with Gasteiger partial charge in [-0.3, -0.25) is 9.59 Å². The van der Waals surface area contributed by atoms with Crippen LogP contribution in [0.15, 0.2) is 48.5 Å². The molecule has 0 bridgehead atoms. The molecule has 0 saturated carbocycles. The largest absolute Gasteiger partial charge is 0.494 e. The fourth-order valence-corrected chi connectivity index (χ4v) is 3.90. The number of ether oxygens (including phenoxy) is 1. The number of pyridine rings is 1. The van der Waals surface area contributed by atoms with E-state index in [1.54, 1.807) is 17.9 Å². The number of aromatic nitrogens is 3. The third-order valence-corrected chi connectivity index (χ3v) is 5.94. The molecule has 1 amide bonds. The van der Waals surface area contributed by atoms with Crippen LogP contribution in [0.1, 0.15) is 45.6 Å². The number of fused-ring (bicyclic) bond motifs is 1. The van der Waals surface area contributed by atoms with E-state index in [-0.39, 0.29) is 24.5 Å². The normalized spacial score (nSPS) is 11.0. The highest BCUT2D eigenvalue weighted by Crippen LogP contribution is 2.28. The number of nitrogens with one attached hydrogen (secondary N) is 1. The van der Waals surface area contributed by atoms with Crippen molar-refractivity contribution in [3.05, 3.63) is 76.5 Å². The summed E-state index contributed by atoms with van der Waals surface area (Å²) in [6.07, 6.45) is 0.208. The van der Waals surface area contributed by atoms with Gasteiger partial charge in [0.15, 0.2) is 11.6 Å². The maximum absolute atomic E-state index is 12.7. The van der Waals surface area contributed by atoms with Crippen LogP contribution in [0.3, 0.4) is 0 Å². The second kappa shape index (κ2) is 9.47. The molecule has 7 heteroatoms. The molecule has 0 unspecified atom stereocenters. The zero-order valence-corrected chi connectivity index (χ0v) is 20.1. The smallest absolute Gasteiger partial charge is 0.225 e. The van der Waals surface area contributed by atoms with Crippen molar-refractivity contribution in [2.75, 3.05) is 12.4 Å². The standard InChI is InChI=1S/C27H28N4O3/c1-16-9-10-20(13-17(16)2)22(32)11-12-26(33)28-25-15-19(4)30-31(25)24-14-18(3)21-7-6-8-23(34-5)27(21)29-24/h6-10,13-15H,11-12H2,1-5H3,(H,28,33). The average molecular weight is 457 g/mol. The number of aryl methyl sites for hydroxylation is 4. The quantitative estimate of drug-likeness (QED) is 0.383. The van der Waals surface area contributed by atoms with Gasteiger partial charge in [-0.2, -0.15) is 9.78 Å². The molecule has 4 rings (SSSR count). The first kappa shape index (κ1) is 23.2. The van der Waals surface area contributed by atoms with Gasteiger partial charge in [0.25, 0.3) is 0 Å². The SMILES string of the molecule is COc1cccc2c(C)cc(-n3nc(C)cc3NC(=O)CCC(=O)c3ccc(C)c(C)c3)nc12. The topological polar surface area (TPSA) is 86.1 Å². The molecule has 0 aliphatic heterocycles. The zero-order chi connectivity index (χ0) is 24.4. The van der Waals surface area contributed by atoms with Crippen molar-refractivity contribution < 1.29 is 14.3 Å². The summed E-state index contributed by atoms with van der Waals surface area (Å²) >= 11 is 0. The van der Waals surface area contributed by atoms with E-state index in [0.717, 1.165) is 33.3 Å². The number of amides is 1. The Kier molecular flexibility index (Phi) is 6.45. The predicted octanol–water partition coefficient (Wildman–Crippen LogP) is 5.26. The predicted molar refractivity (Wildman–Crippen MR) is 133 cm³/mol. The number of ketones is 1. The Morgan fingerprint density at radius 1 is 0.941 bits per heavy atom. The van der Waals surface area contributed by atoms with Crippen LogP contribution in [-0.4, -0.2) is 33.6 Å². The molecule has 0 saturated heterocycles. The Labute approximate surface area is 198 Å². The number of rotatable bonds is 7. The summed E-state index contributed by atoms with van der Waals surface area (Å²) in [4.78, 5) is 30.0. The van der Waals surface area contributed by atoms with Crippen molar-refractivity contribution in [2.24, 2.45) is 0 Å². The summed E-state index contributed by atoms with van der Waals surface area (Å²) in [6, 6.07) is 15.1. The van der Waals surface area contributed by atoms with Crippen LogP contribution in [0.2, 0.25) is 0 Å². The minimum atomic E-state index is -0.256. The van der Waals surface area contributed by atoms with Crippen LogP contribution in [0.25, 0.3) is 16.7 Å². The highest BCUT2D eigenvalue weighted by atomic mass is 16.5. The summed E-state index contributed by atoms with van der Waals surface area (Å²) in [6.45, 7) is 7.83. The summed E-state index contributed by atoms with van der Waals surface area (Å²) in [7, 11) is 1.61. The molecule has 1 N–H and O–H groups in total. The molecule has 7 nitrogen and oxygen atoms in total. The van der Waals surface area contributed by atoms with Gasteiger partial charge < -0.3 is 10.1 Å². The van der Waals surface area contributed by atoms with Crippen LogP contribution in [0, 0.1) is 27.7 Å². The second-order valence-corrected chi connectivity index (χ2v) is 8.51. The molecule has 0 spiro atoms. The number of methoxy groups -OCH3 is 1. The third kappa shape index (κ3) is 4.69. The lowest BCUT2D eigenvalue weighted by Crippen LogP contribution is -2.16. The van der Waals surface area contributed by atoms with E-state index in [1.165, 1.54) is 0 Å². The lowest BCUT2D eigenvalue weighted by atomic mass is 10.0. The Hall–Kier alpha value is -4.00. The number of Topliss-reactive ketones (excluding diaryl/α,β-unsaturated/α-hetero) is 1. The molecule has 4 aromatic rings. The van der Waals surface area contributed by atoms with Gasteiger partial charge in [0.05, 0.1) is 12.8 Å². The molecule has 2 aromatic carbocycles. The van der Waals surface area contributed by atoms with Gasteiger partial charge in [-0.25, -0.2) is 4.98 Å². The van der Waals surface area contributed by atoms with Crippen LogP contribution < -0.4 is 10.1 Å². The maximum Gasteiger partial charge on any atom is 0.225 e. The molecule has 0 fully saturated rings. The van der Waals surface area contributed by atoms with Crippen molar-refractivity contribution in [3.63, 3.8) is 0 Å². The third-order valence-electron chi connectivity index (χ3n) is 5.94. The summed E-state index contributed by atoms with van der Waals surface area (Å²) < 4.78 is 7.09. The molecule has 0 aliphatic rings. The first-order valence-electron chi connectivity index (χ1n) is 11.2. The Morgan fingerprint density at radius 2 is 1.74 bits per heavy atom. The van der Waals surface area contributed by atoms with E-state index in [2.05, 4.69) is 10.4 Å². The van der Waals surface area contributed by atoms with Crippen molar-refractivity contribution in [1.29, 1.82) is 0 Å². The Bertz CT molecular complexity index is 1400. The van der Waals surface area contributed by atoms with Gasteiger partial charge >= 0.3 is 0 Å². The molecule has 0 aliphatic carbocycles. The van der Waals surface area contributed by atoms with Crippen LogP contribution in [-0.2, 0) is 4.79 Å². The van der Waals surface area contributed by atoms with Gasteiger partial charge in [0, 0.05) is 29.9 Å².